The molecular weight excluding hydrogens is 345 g/mol. The molecule has 3 rings (SSSR count). The Balaban J connectivity index is 1.86. The SMILES string of the molecule is Cn1c(CCc2ccccc2I)cc2ccccc21. The monoisotopic (exact) mass is 361 g/mol. The van der Waals surface area contributed by atoms with E-state index in [1.54, 1.807) is 0 Å². The van der Waals surface area contributed by atoms with Gasteiger partial charge in [0.15, 0.2) is 0 Å². The van der Waals surface area contributed by atoms with Crippen LogP contribution in [0.2, 0.25) is 0 Å². The molecule has 0 unspecified atom stereocenters. The van der Waals surface area contributed by atoms with Gasteiger partial charge in [-0.25, -0.2) is 0 Å². The fourth-order valence-electron chi connectivity index (χ4n) is 2.55. The summed E-state index contributed by atoms with van der Waals surface area (Å²) in [5, 5.41) is 1.34. The number of para-hydroxylation sites is 1. The summed E-state index contributed by atoms with van der Waals surface area (Å²) >= 11 is 2.42. The summed E-state index contributed by atoms with van der Waals surface area (Å²) in [6.07, 6.45) is 2.19. The van der Waals surface area contributed by atoms with Crippen molar-refractivity contribution < 1.29 is 0 Å². The molecule has 1 heterocycles. The van der Waals surface area contributed by atoms with E-state index < -0.39 is 0 Å². The van der Waals surface area contributed by atoms with Crippen molar-refractivity contribution in [3.63, 3.8) is 0 Å². The third-order valence-corrected chi connectivity index (χ3v) is 4.71. The highest BCUT2D eigenvalue weighted by molar-refractivity contribution is 14.1. The molecule has 0 amide bonds. The molecule has 0 radical (unpaired) electrons. The molecule has 0 bridgehead atoms. The maximum absolute atomic E-state index is 2.42. The summed E-state index contributed by atoms with van der Waals surface area (Å²) in [6.45, 7) is 0. The number of hydrogen-bond acceptors (Lipinski definition) is 0. The number of aryl methyl sites for hydroxylation is 3. The van der Waals surface area contributed by atoms with Crippen molar-refractivity contribution >= 4 is 33.5 Å². The van der Waals surface area contributed by atoms with Gasteiger partial charge < -0.3 is 4.57 Å². The fraction of sp³-hybridized carbons (Fsp3) is 0.176. The van der Waals surface area contributed by atoms with Crippen LogP contribution in [-0.2, 0) is 19.9 Å². The zero-order valence-corrected chi connectivity index (χ0v) is 13.1. The summed E-state index contributed by atoms with van der Waals surface area (Å²) in [4.78, 5) is 0. The van der Waals surface area contributed by atoms with Crippen LogP contribution in [0.4, 0.5) is 0 Å². The Morgan fingerprint density at radius 1 is 0.947 bits per heavy atom. The van der Waals surface area contributed by atoms with Crippen LogP contribution in [0.5, 0.6) is 0 Å². The zero-order valence-electron chi connectivity index (χ0n) is 10.9. The number of hydrogen-bond donors (Lipinski definition) is 0. The Bertz CT molecular complexity index is 712. The van der Waals surface area contributed by atoms with E-state index in [0.717, 1.165) is 12.8 Å². The number of nitrogens with zero attached hydrogens (tertiary/aromatic N) is 1. The molecule has 0 aliphatic rings. The van der Waals surface area contributed by atoms with Crippen molar-refractivity contribution in [2.75, 3.05) is 0 Å². The van der Waals surface area contributed by atoms with Gasteiger partial charge >= 0.3 is 0 Å². The molecule has 0 aliphatic carbocycles. The van der Waals surface area contributed by atoms with Crippen molar-refractivity contribution in [3.8, 4) is 0 Å². The molecule has 0 saturated carbocycles. The predicted molar refractivity (Wildman–Crippen MR) is 89.5 cm³/mol. The Morgan fingerprint density at radius 3 is 2.47 bits per heavy atom. The number of aromatic nitrogens is 1. The van der Waals surface area contributed by atoms with Gasteiger partial charge in [0, 0.05) is 21.8 Å². The van der Waals surface area contributed by atoms with Gasteiger partial charge in [-0.1, -0.05) is 36.4 Å². The second-order valence-corrected chi connectivity index (χ2v) is 6.01. The first kappa shape index (κ1) is 12.7. The number of halogens is 1. The first-order chi connectivity index (χ1) is 9.25. The highest BCUT2D eigenvalue weighted by Crippen LogP contribution is 2.20. The van der Waals surface area contributed by atoms with E-state index in [1.165, 1.54) is 25.7 Å². The maximum atomic E-state index is 2.42. The van der Waals surface area contributed by atoms with Crippen LogP contribution >= 0.6 is 22.6 Å². The van der Waals surface area contributed by atoms with Crippen LogP contribution in [0.15, 0.2) is 54.6 Å². The van der Waals surface area contributed by atoms with Gasteiger partial charge in [0.2, 0.25) is 0 Å². The van der Waals surface area contributed by atoms with Crippen molar-refractivity contribution in [3.05, 3.63) is 69.4 Å². The average Bonchev–Trinajstić information content (AvgIpc) is 2.75. The third kappa shape index (κ3) is 2.54. The van der Waals surface area contributed by atoms with Crippen LogP contribution in [-0.4, -0.2) is 4.57 Å². The Labute approximate surface area is 127 Å². The minimum Gasteiger partial charge on any atom is -0.348 e. The lowest BCUT2D eigenvalue weighted by molar-refractivity contribution is 0.819. The van der Waals surface area contributed by atoms with E-state index in [2.05, 4.69) is 88.8 Å². The Hall–Kier alpha value is -1.29. The van der Waals surface area contributed by atoms with E-state index in [9.17, 15) is 0 Å². The van der Waals surface area contributed by atoms with Crippen molar-refractivity contribution in [1.29, 1.82) is 0 Å². The normalized spacial score (nSPS) is 11.1. The van der Waals surface area contributed by atoms with Gasteiger partial charge in [-0.2, -0.15) is 0 Å². The van der Waals surface area contributed by atoms with Crippen LogP contribution in [0.1, 0.15) is 11.3 Å². The molecule has 0 N–H and O–H groups in total. The van der Waals surface area contributed by atoms with E-state index in [-0.39, 0.29) is 0 Å². The topological polar surface area (TPSA) is 4.93 Å². The molecule has 0 atom stereocenters. The van der Waals surface area contributed by atoms with E-state index in [4.69, 9.17) is 0 Å². The summed E-state index contributed by atoms with van der Waals surface area (Å²) in [5.74, 6) is 0. The van der Waals surface area contributed by atoms with Crippen LogP contribution < -0.4 is 0 Å². The zero-order chi connectivity index (χ0) is 13.2. The van der Waals surface area contributed by atoms with Crippen LogP contribution in [0.25, 0.3) is 10.9 Å². The van der Waals surface area contributed by atoms with E-state index in [0.29, 0.717) is 0 Å². The molecule has 3 aromatic rings. The van der Waals surface area contributed by atoms with Gasteiger partial charge in [0.1, 0.15) is 0 Å². The van der Waals surface area contributed by atoms with Gasteiger partial charge in [-0.05, 0) is 64.6 Å². The smallest absolute Gasteiger partial charge is 0.0479 e. The summed E-state index contributed by atoms with van der Waals surface area (Å²) in [5.41, 5.74) is 4.16. The van der Waals surface area contributed by atoms with Crippen molar-refractivity contribution in [2.24, 2.45) is 7.05 Å². The number of rotatable bonds is 3. The molecule has 0 fully saturated rings. The first-order valence-electron chi connectivity index (χ1n) is 6.52. The maximum Gasteiger partial charge on any atom is 0.0479 e. The predicted octanol–water partition coefficient (Wildman–Crippen LogP) is 4.57. The lowest BCUT2D eigenvalue weighted by atomic mass is 10.1. The van der Waals surface area contributed by atoms with Gasteiger partial charge in [0.25, 0.3) is 0 Å². The van der Waals surface area contributed by atoms with Gasteiger partial charge in [-0.3, -0.25) is 0 Å². The molecule has 19 heavy (non-hydrogen) atoms. The highest BCUT2D eigenvalue weighted by Gasteiger charge is 2.06. The van der Waals surface area contributed by atoms with Crippen molar-refractivity contribution in [2.45, 2.75) is 12.8 Å². The summed E-state index contributed by atoms with van der Waals surface area (Å²) in [7, 11) is 2.16. The molecule has 0 saturated heterocycles. The lowest BCUT2D eigenvalue weighted by Crippen LogP contribution is -1.99. The van der Waals surface area contributed by atoms with E-state index in [1.807, 2.05) is 0 Å². The molecular formula is C17H16IN. The van der Waals surface area contributed by atoms with Gasteiger partial charge in [-0.15, -0.1) is 0 Å². The lowest BCUT2D eigenvalue weighted by Gasteiger charge is -2.06. The summed E-state index contributed by atoms with van der Waals surface area (Å²) in [6, 6.07) is 19.5. The summed E-state index contributed by atoms with van der Waals surface area (Å²) < 4.78 is 3.67. The number of benzene rings is 2. The Kier molecular flexibility index (Phi) is 3.60. The highest BCUT2D eigenvalue weighted by atomic mass is 127. The minimum absolute atomic E-state index is 1.09. The molecule has 1 nitrogen and oxygen atoms in total. The number of fused-ring (bicyclic) bond motifs is 1. The van der Waals surface area contributed by atoms with Crippen LogP contribution in [0, 0.1) is 3.57 Å². The van der Waals surface area contributed by atoms with Gasteiger partial charge in [0.05, 0.1) is 0 Å². The van der Waals surface area contributed by atoms with Crippen molar-refractivity contribution in [1.82, 2.24) is 4.57 Å². The first-order valence-corrected chi connectivity index (χ1v) is 7.60. The second kappa shape index (κ2) is 5.37. The molecule has 0 spiro atoms. The third-order valence-electron chi connectivity index (χ3n) is 3.66. The minimum atomic E-state index is 1.09. The van der Waals surface area contributed by atoms with E-state index >= 15 is 0 Å². The molecule has 1 aromatic heterocycles. The standard InChI is InChI=1S/C17H16IN/c1-19-15(12-14-7-3-5-9-17(14)19)11-10-13-6-2-4-8-16(13)18/h2-9,12H,10-11H2,1H3. The quantitative estimate of drug-likeness (QED) is 0.603. The largest absolute Gasteiger partial charge is 0.348 e. The fourth-order valence-corrected chi connectivity index (χ4v) is 3.21. The second-order valence-electron chi connectivity index (χ2n) is 4.84. The molecule has 96 valence electrons. The average molecular weight is 361 g/mol. The molecule has 2 aromatic carbocycles. The van der Waals surface area contributed by atoms with Crippen LogP contribution in [0.3, 0.4) is 0 Å². The Morgan fingerprint density at radius 2 is 1.68 bits per heavy atom. The molecule has 2 heteroatoms. The molecule has 0 aliphatic heterocycles.